The summed E-state index contributed by atoms with van der Waals surface area (Å²) in [6.07, 6.45) is -3.75. The van der Waals surface area contributed by atoms with Crippen molar-refractivity contribution in [3.8, 4) is 5.75 Å². The normalized spacial score (nSPS) is 17.6. The predicted octanol–water partition coefficient (Wildman–Crippen LogP) is 5.00. The van der Waals surface area contributed by atoms with Gasteiger partial charge in [-0.05, 0) is 55.3 Å². The van der Waals surface area contributed by atoms with Crippen molar-refractivity contribution in [3.05, 3.63) is 42.5 Å². The number of ether oxygens (including phenoxy) is 1. The third-order valence-corrected chi connectivity index (χ3v) is 5.26. The third kappa shape index (κ3) is 3.77. The van der Waals surface area contributed by atoms with Crippen LogP contribution in [0.15, 0.2) is 42.5 Å². The van der Waals surface area contributed by atoms with E-state index in [1.807, 2.05) is 59.3 Å². The van der Waals surface area contributed by atoms with Gasteiger partial charge in [0.1, 0.15) is 5.75 Å². The molecule has 144 valence electrons. The molecule has 2 aromatic rings. The molecule has 0 amide bonds. The summed E-state index contributed by atoms with van der Waals surface area (Å²) in [6, 6.07) is 13.8. The van der Waals surface area contributed by atoms with Crippen molar-refractivity contribution in [2.24, 2.45) is 5.92 Å². The van der Waals surface area contributed by atoms with E-state index in [9.17, 15) is 13.2 Å². The summed E-state index contributed by atoms with van der Waals surface area (Å²) < 4.78 is 44.0. The maximum absolute atomic E-state index is 12.8. The van der Waals surface area contributed by atoms with E-state index in [-0.39, 0.29) is 12.8 Å². The van der Waals surface area contributed by atoms with Gasteiger partial charge in [-0.15, -0.1) is 0 Å². The summed E-state index contributed by atoms with van der Waals surface area (Å²) in [6.45, 7) is 1.43. The molecule has 0 aliphatic carbocycles. The molecule has 4 nitrogen and oxygen atoms in total. The lowest BCUT2D eigenvalue weighted by Crippen LogP contribution is -2.38. The Morgan fingerprint density at radius 1 is 1.00 bits per heavy atom. The first-order chi connectivity index (χ1) is 12.9. The van der Waals surface area contributed by atoms with Gasteiger partial charge in [-0.25, -0.2) is 0 Å². The maximum atomic E-state index is 12.8. The molecule has 7 heteroatoms. The van der Waals surface area contributed by atoms with Crippen LogP contribution < -0.4 is 19.9 Å². The first-order valence-corrected chi connectivity index (χ1v) is 9.07. The van der Waals surface area contributed by atoms with Crippen molar-refractivity contribution in [2.45, 2.75) is 19.0 Å². The first-order valence-electron chi connectivity index (χ1n) is 9.07. The van der Waals surface area contributed by atoms with E-state index >= 15 is 0 Å². The van der Waals surface area contributed by atoms with E-state index in [1.54, 1.807) is 0 Å². The van der Waals surface area contributed by atoms with Crippen LogP contribution in [0.4, 0.5) is 35.9 Å². The van der Waals surface area contributed by atoms with E-state index < -0.39 is 12.1 Å². The number of hydrogen-bond donors (Lipinski definition) is 1. The third-order valence-electron chi connectivity index (χ3n) is 5.26. The van der Waals surface area contributed by atoms with Crippen LogP contribution in [0, 0.1) is 5.92 Å². The second-order valence-electron chi connectivity index (χ2n) is 7.13. The van der Waals surface area contributed by atoms with Crippen molar-refractivity contribution in [3.63, 3.8) is 0 Å². The van der Waals surface area contributed by atoms with Crippen molar-refractivity contribution < 1.29 is 17.9 Å². The van der Waals surface area contributed by atoms with Gasteiger partial charge in [-0.1, -0.05) is 0 Å². The Morgan fingerprint density at radius 3 is 2.33 bits per heavy atom. The van der Waals surface area contributed by atoms with Crippen LogP contribution in [0.2, 0.25) is 0 Å². The highest BCUT2D eigenvalue weighted by molar-refractivity contribution is 5.71. The molecule has 2 aliphatic rings. The highest BCUT2D eigenvalue weighted by Gasteiger charge is 2.41. The molecule has 0 aromatic heterocycles. The Morgan fingerprint density at radius 2 is 1.67 bits per heavy atom. The number of benzene rings is 2. The molecule has 2 heterocycles. The Bertz CT molecular complexity index is 799. The van der Waals surface area contributed by atoms with Gasteiger partial charge < -0.3 is 19.9 Å². The number of rotatable bonds is 3. The van der Waals surface area contributed by atoms with Crippen LogP contribution in [-0.4, -0.2) is 33.0 Å². The zero-order valence-electron chi connectivity index (χ0n) is 15.1. The highest BCUT2D eigenvalue weighted by Crippen LogP contribution is 2.37. The topological polar surface area (TPSA) is 27.7 Å². The molecule has 1 saturated heterocycles. The van der Waals surface area contributed by atoms with E-state index in [1.165, 1.54) is 0 Å². The van der Waals surface area contributed by atoms with Gasteiger partial charge in [0.15, 0.2) is 6.73 Å². The summed E-state index contributed by atoms with van der Waals surface area (Å²) in [4.78, 5) is 4.06. The zero-order chi connectivity index (χ0) is 19.0. The molecule has 27 heavy (non-hydrogen) atoms. The van der Waals surface area contributed by atoms with Crippen LogP contribution in [0.25, 0.3) is 0 Å². The molecule has 0 spiro atoms. The molecule has 2 aliphatic heterocycles. The minimum atomic E-state index is -4.07. The molecule has 1 N–H and O–H groups in total. The number of halogens is 3. The van der Waals surface area contributed by atoms with E-state index in [0.29, 0.717) is 19.8 Å². The second-order valence-corrected chi connectivity index (χ2v) is 7.13. The quantitative estimate of drug-likeness (QED) is 0.815. The number of anilines is 4. The fourth-order valence-electron chi connectivity index (χ4n) is 3.64. The Balaban J connectivity index is 1.39. The van der Waals surface area contributed by atoms with Crippen LogP contribution >= 0.6 is 0 Å². The molecule has 0 saturated carbocycles. The average molecular weight is 377 g/mol. The van der Waals surface area contributed by atoms with Gasteiger partial charge in [-0.3, -0.25) is 0 Å². The lowest BCUT2D eigenvalue weighted by atomic mass is 9.96. The van der Waals surface area contributed by atoms with E-state index in [2.05, 4.69) is 5.32 Å². The second kappa shape index (κ2) is 6.87. The number of piperidine rings is 1. The van der Waals surface area contributed by atoms with Crippen LogP contribution in [0.3, 0.4) is 0 Å². The minimum Gasteiger partial charge on any atom is -0.471 e. The predicted molar refractivity (Wildman–Crippen MR) is 101 cm³/mol. The largest absolute Gasteiger partial charge is 0.471 e. The number of fused-ring (bicyclic) bond motifs is 1. The fourth-order valence-corrected chi connectivity index (χ4v) is 3.64. The number of alkyl halides is 3. The van der Waals surface area contributed by atoms with Crippen LogP contribution in [0.5, 0.6) is 5.75 Å². The summed E-state index contributed by atoms with van der Waals surface area (Å²) in [5, 5.41) is 3.36. The van der Waals surface area contributed by atoms with Gasteiger partial charge in [-0.2, -0.15) is 13.2 Å². The summed E-state index contributed by atoms with van der Waals surface area (Å²) >= 11 is 0. The Kier molecular flexibility index (Phi) is 4.53. The molecule has 1 fully saturated rings. The van der Waals surface area contributed by atoms with Gasteiger partial charge in [0, 0.05) is 37.2 Å². The summed E-state index contributed by atoms with van der Waals surface area (Å²) in [5.41, 5.74) is 3.91. The lowest BCUT2D eigenvalue weighted by Gasteiger charge is -2.34. The Labute approximate surface area is 156 Å². The number of nitrogens with one attached hydrogen (secondary N) is 1. The van der Waals surface area contributed by atoms with E-state index in [4.69, 9.17) is 4.74 Å². The molecular formula is C20H22F3N3O. The van der Waals surface area contributed by atoms with Crippen molar-refractivity contribution in [2.75, 3.05) is 42.0 Å². The lowest BCUT2D eigenvalue weighted by molar-refractivity contribution is -0.179. The van der Waals surface area contributed by atoms with E-state index in [0.717, 1.165) is 28.5 Å². The summed E-state index contributed by atoms with van der Waals surface area (Å²) in [5.74, 6) is -0.294. The zero-order valence-corrected chi connectivity index (χ0v) is 15.1. The fraction of sp³-hybridized carbons (Fsp3) is 0.400. The molecule has 0 atom stereocenters. The van der Waals surface area contributed by atoms with Gasteiger partial charge in [0.25, 0.3) is 0 Å². The van der Waals surface area contributed by atoms with Gasteiger partial charge in [0.05, 0.1) is 11.6 Å². The molecule has 4 rings (SSSR count). The first kappa shape index (κ1) is 17.8. The monoisotopic (exact) mass is 377 g/mol. The number of hydrogen-bond acceptors (Lipinski definition) is 4. The molecule has 2 aromatic carbocycles. The smallest absolute Gasteiger partial charge is 0.391 e. The van der Waals surface area contributed by atoms with Crippen molar-refractivity contribution in [1.82, 2.24) is 0 Å². The van der Waals surface area contributed by atoms with Gasteiger partial charge in [0.2, 0.25) is 0 Å². The van der Waals surface area contributed by atoms with Gasteiger partial charge >= 0.3 is 6.18 Å². The molecule has 0 unspecified atom stereocenters. The molecule has 0 bridgehead atoms. The standard InChI is InChI=1S/C20H22F3N3O/c1-25-13-27-19-7-4-16(12-18(19)25)24-15-2-5-17(6-3-15)26-10-8-14(9-11-26)20(21,22)23/h2-7,12,14,24H,8-11,13H2,1H3. The maximum Gasteiger partial charge on any atom is 0.391 e. The molecular weight excluding hydrogens is 355 g/mol. The SMILES string of the molecule is CN1COc2ccc(Nc3ccc(N4CCC(C(F)(F)F)CC4)cc3)cc21. The summed E-state index contributed by atoms with van der Waals surface area (Å²) in [7, 11) is 1.98. The van der Waals surface area contributed by atoms with Crippen molar-refractivity contribution in [1.29, 1.82) is 0 Å². The molecule has 0 radical (unpaired) electrons. The van der Waals surface area contributed by atoms with Crippen LogP contribution in [-0.2, 0) is 0 Å². The number of nitrogens with zero attached hydrogens (tertiary/aromatic N) is 2. The minimum absolute atomic E-state index is 0.161. The average Bonchev–Trinajstić information content (AvgIpc) is 3.02. The highest BCUT2D eigenvalue weighted by atomic mass is 19.4. The Hall–Kier alpha value is -2.57. The van der Waals surface area contributed by atoms with Crippen LogP contribution in [0.1, 0.15) is 12.8 Å². The van der Waals surface area contributed by atoms with Crippen molar-refractivity contribution >= 4 is 22.7 Å².